The van der Waals surface area contributed by atoms with Crippen molar-refractivity contribution in [2.24, 2.45) is 5.73 Å². The molecule has 1 aromatic rings. The maximum Gasteiger partial charge on any atom is 0.180 e. The average molecular weight is 214 g/mol. The van der Waals surface area contributed by atoms with E-state index in [9.17, 15) is 9.90 Å². The number of phenols is 1. The molecular formula is C10H12ClNO2. The fourth-order valence-corrected chi connectivity index (χ4v) is 1.38. The summed E-state index contributed by atoms with van der Waals surface area (Å²) in [7, 11) is 0. The summed E-state index contributed by atoms with van der Waals surface area (Å²) in [6, 6.07) is 2.22. The quantitative estimate of drug-likeness (QED) is 0.738. The Bertz CT molecular complexity index is 375. The van der Waals surface area contributed by atoms with Gasteiger partial charge in [-0.15, -0.1) is 0 Å². The molecule has 0 saturated heterocycles. The number of nitrogens with two attached hydrogens (primary N) is 1. The second-order valence-electron chi connectivity index (χ2n) is 3.28. The maximum atomic E-state index is 11.5. The molecule has 1 rings (SSSR count). The molecule has 0 spiro atoms. The Morgan fingerprint density at radius 3 is 2.64 bits per heavy atom. The number of Topliss-reactive ketones (excluding diaryl/α,β-unsaturated/α-hetero) is 1. The molecule has 1 atom stereocenters. The van der Waals surface area contributed by atoms with Crippen molar-refractivity contribution in [3.05, 3.63) is 28.3 Å². The first-order valence-corrected chi connectivity index (χ1v) is 4.60. The van der Waals surface area contributed by atoms with Gasteiger partial charge in [0.05, 0.1) is 11.1 Å². The molecule has 0 bridgehead atoms. The number of rotatable bonds is 2. The zero-order valence-electron chi connectivity index (χ0n) is 8.04. The lowest BCUT2D eigenvalue weighted by Gasteiger charge is -2.09. The summed E-state index contributed by atoms with van der Waals surface area (Å²) in [4.78, 5) is 11.5. The van der Waals surface area contributed by atoms with Crippen LogP contribution in [0, 0.1) is 6.92 Å². The molecule has 0 saturated carbocycles. The second kappa shape index (κ2) is 3.98. The molecule has 0 amide bonds. The van der Waals surface area contributed by atoms with Gasteiger partial charge in [0.1, 0.15) is 5.75 Å². The number of carbonyl (C=O) groups is 1. The van der Waals surface area contributed by atoms with E-state index >= 15 is 0 Å². The van der Waals surface area contributed by atoms with Crippen LogP contribution in [0.5, 0.6) is 5.75 Å². The van der Waals surface area contributed by atoms with E-state index in [2.05, 4.69) is 0 Å². The molecule has 0 aromatic heterocycles. The standard InChI is InChI=1S/C10H12ClNO2/c1-5-3-7(13)4-8(9(5)11)10(14)6(2)12/h3-4,6,13H,12H2,1-2H3. The van der Waals surface area contributed by atoms with Gasteiger partial charge in [-0.05, 0) is 31.5 Å². The van der Waals surface area contributed by atoms with Crippen molar-refractivity contribution in [2.75, 3.05) is 0 Å². The number of aryl methyl sites for hydroxylation is 1. The van der Waals surface area contributed by atoms with E-state index in [1.54, 1.807) is 13.8 Å². The largest absolute Gasteiger partial charge is 0.508 e. The molecule has 3 N–H and O–H groups in total. The Labute approximate surface area is 87.5 Å². The summed E-state index contributed by atoms with van der Waals surface area (Å²) in [5.41, 5.74) is 6.39. The molecule has 0 aliphatic rings. The van der Waals surface area contributed by atoms with Crippen LogP contribution in [-0.2, 0) is 0 Å². The van der Waals surface area contributed by atoms with E-state index in [0.29, 0.717) is 10.6 Å². The lowest BCUT2D eigenvalue weighted by molar-refractivity contribution is 0.0967. The van der Waals surface area contributed by atoms with E-state index in [1.165, 1.54) is 12.1 Å². The van der Waals surface area contributed by atoms with Crippen molar-refractivity contribution in [2.45, 2.75) is 19.9 Å². The third kappa shape index (κ3) is 2.05. The summed E-state index contributed by atoms with van der Waals surface area (Å²) >= 11 is 5.92. The van der Waals surface area contributed by atoms with Crippen molar-refractivity contribution in [3.8, 4) is 5.75 Å². The third-order valence-corrected chi connectivity index (χ3v) is 2.42. The maximum absolute atomic E-state index is 11.5. The van der Waals surface area contributed by atoms with E-state index in [-0.39, 0.29) is 17.1 Å². The summed E-state index contributed by atoms with van der Waals surface area (Å²) in [5.74, 6) is -0.245. The Kier molecular flexibility index (Phi) is 3.13. The molecular weight excluding hydrogens is 202 g/mol. The van der Waals surface area contributed by atoms with Crippen LogP contribution in [0.4, 0.5) is 0 Å². The van der Waals surface area contributed by atoms with Gasteiger partial charge >= 0.3 is 0 Å². The predicted molar refractivity (Wildman–Crippen MR) is 55.8 cm³/mol. The second-order valence-corrected chi connectivity index (χ2v) is 3.66. The van der Waals surface area contributed by atoms with Gasteiger partial charge in [-0.1, -0.05) is 11.6 Å². The van der Waals surface area contributed by atoms with Gasteiger partial charge in [0.2, 0.25) is 0 Å². The van der Waals surface area contributed by atoms with Gasteiger partial charge in [-0.2, -0.15) is 0 Å². The molecule has 0 aliphatic carbocycles. The van der Waals surface area contributed by atoms with Crippen LogP contribution in [0.25, 0.3) is 0 Å². The zero-order valence-corrected chi connectivity index (χ0v) is 8.80. The lowest BCUT2D eigenvalue weighted by Crippen LogP contribution is -2.26. The third-order valence-electron chi connectivity index (χ3n) is 1.92. The predicted octanol–water partition coefficient (Wildman–Crippen LogP) is 1.88. The molecule has 0 fully saturated rings. The SMILES string of the molecule is Cc1cc(O)cc(C(=O)C(C)N)c1Cl. The molecule has 0 aliphatic heterocycles. The van der Waals surface area contributed by atoms with Crippen LogP contribution in [0.15, 0.2) is 12.1 Å². The van der Waals surface area contributed by atoms with Gasteiger partial charge in [0.15, 0.2) is 5.78 Å². The number of benzene rings is 1. The topological polar surface area (TPSA) is 63.3 Å². The minimum atomic E-state index is -0.617. The number of halogens is 1. The first-order chi connectivity index (χ1) is 6.43. The minimum absolute atomic E-state index is 0.0240. The van der Waals surface area contributed by atoms with Crippen molar-refractivity contribution in [3.63, 3.8) is 0 Å². The fourth-order valence-electron chi connectivity index (χ4n) is 1.18. The first-order valence-electron chi connectivity index (χ1n) is 4.22. The van der Waals surface area contributed by atoms with Crippen LogP contribution in [-0.4, -0.2) is 16.9 Å². The van der Waals surface area contributed by atoms with E-state index in [4.69, 9.17) is 17.3 Å². The number of hydrogen-bond acceptors (Lipinski definition) is 3. The van der Waals surface area contributed by atoms with E-state index in [0.717, 1.165) is 0 Å². The Morgan fingerprint density at radius 2 is 2.14 bits per heavy atom. The number of carbonyl (C=O) groups excluding carboxylic acids is 1. The summed E-state index contributed by atoms with van der Waals surface area (Å²) in [6.45, 7) is 3.30. The highest BCUT2D eigenvalue weighted by Crippen LogP contribution is 2.26. The fraction of sp³-hybridized carbons (Fsp3) is 0.300. The smallest absolute Gasteiger partial charge is 0.180 e. The van der Waals surface area contributed by atoms with Crippen molar-refractivity contribution < 1.29 is 9.90 Å². The van der Waals surface area contributed by atoms with Gasteiger partial charge in [-0.3, -0.25) is 4.79 Å². The van der Waals surface area contributed by atoms with Crippen molar-refractivity contribution in [1.82, 2.24) is 0 Å². The van der Waals surface area contributed by atoms with Gasteiger partial charge in [0, 0.05) is 5.56 Å². The van der Waals surface area contributed by atoms with Gasteiger partial charge in [-0.25, -0.2) is 0 Å². The molecule has 1 unspecified atom stereocenters. The lowest BCUT2D eigenvalue weighted by atomic mass is 10.0. The molecule has 76 valence electrons. The van der Waals surface area contributed by atoms with Gasteiger partial charge in [0.25, 0.3) is 0 Å². The summed E-state index contributed by atoms with van der Waals surface area (Å²) < 4.78 is 0. The van der Waals surface area contributed by atoms with Crippen molar-refractivity contribution in [1.29, 1.82) is 0 Å². The van der Waals surface area contributed by atoms with Crippen LogP contribution in [0.2, 0.25) is 5.02 Å². The van der Waals surface area contributed by atoms with Gasteiger partial charge < -0.3 is 10.8 Å². The molecule has 14 heavy (non-hydrogen) atoms. The molecule has 3 nitrogen and oxygen atoms in total. The highest BCUT2D eigenvalue weighted by molar-refractivity contribution is 6.35. The summed E-state index contributed by atoms with van der Waals surface area (Å²) in [6.07, 6.45) is 0. The van der Waals surface area contributed by atoms with E-state index < -0.39 is 6.04 Å². The normalized spacial score (nSPS) is 12.6. The number of ketones is 1. The van der Waals surface area contributed by atoms with Crippen LogP contribution < -0.4 is 5.73 Å². The minimum Gasteiger partial charge on any atom is -0.508 e. The molecule has 0 heterocycles. The monoisotopic (exact) mass is 213 g/mol. The number of hydrogen-bond donors (Lipinski definition) is 2. The Hall–Kier alpha value is -1.06. The Morgan fingerprint density at radius 1 is 1.57 bits per heavy atom. The summed E-state index contributed by atoms with van der Waals surface area (Å²) in [5, 5.41) is 9.65. The van der Waals surface area contributed by atoms with E-state index in [1.807, 2.05) is 0 Å². The number of aromatic hydroxyl groups is 1. The first kappa shape index (κ1) is 11.0. The molecule has 4 heteroatoms. The molecule has 1 aromatic carbocycles. The van der Waals surface area contributed by atoms with Crippen molar-refractivity contribution >= 4 is 17.4 Å². The highest BCUT2D eigenvalue weighted by Gasteiger charge is 2.16. The Balaban J connectivity index is 3.27. The average Bonchev–Trinajstić information content (AvgIpc) is 2.09. The molecule has 0 radical (unpaired) electrons. The van der Waals surface area contributed by atoms with Crippen LogP contribution in [0.1, 0.15) is 22.8 Å². The van der Waals surface area contributed by atoms with Crippen LogP contribution >= 0.6 is 11.6 Å². The highest BCUT2D eigenvalue weighted by atomic mass is 35.5. The van der Waals surface area contributed by atoms with Crippen LogP contribution in [0.3, 0.4) is 0 Å². The zero-order chi connectivity index (χ0) is 10.9. The number of phenolic OH excluding ortho intramolecular Hbond substituents is 1.